The van der Waals surface area contributed by atoms with Gasteiger partial charge in [-0.1, -0.05) is 13.0 Å². The fourth-order valence-corrected chi connectivity index (χ4v) is 2.00. The normalized spacial score (nSPS) is 11.5. The van der Waals surface area contributed by atoms with Crippen LogP contribution in [-0.2, 0) is 10.0 Å². The minimum atomic E-state index is -3.44. The van der Waals surface area contributed by atoms with Crippen LogP contribution in [0.3, 0.4) is 0 Å². The molecule has 1 aromatic rings. The molecule has 5 heteroatoms. The molecule has 0 aliphatic rings. The van der Waals surface area contributed by atoms with Crippen molar-refractivity contribution < 1.29 is 13.5 Å². The third-order valence-electron chi connectivity index (χ3n) is 1.46. The first kappa shape index (κ1) is 10.0. The molecule has 0 amide bonds. The van der Waals surface area contributed by atoms with Crippen molar-refractivity contribution in [2.45, 2.75) is 11.8 Å². The summed E-state index contributed by atoms with van der Waals surface area (Å²) in [6.45, 7) is 2.03. The van der Waals surface area contributed by atoms with E-state index in [0.717, 1.165) is 0 Å². The van der Waals surface area contributed by atoms with Gasteiger partial charge in [-0.2, -0.15) is 0 Å². The van der Waals surface area contributed by atoms with Gasteiger partial charge in [0.25, 0.3) is 0 Å². The number of phenolic OH excluding ortho intramolecular Hbond substituents is 1. The predicted molar refractivity (Wildman–Crippen MR) is 49.0 cm³/mol. The largest absolute Gasteiger partial charge is 0.508 e. The first-order valence-electron chi connectivity index (χ1n) is 3.85. The summed E-state index contributed by atoms with van der Waals surface area (Å²) in [6, 6.07) is 5.54. The van der Waals surface area contributed by atoms with E-state index in [1.165, 1.54) is 24.3 Å². The fourth-order valence-electron chi connectivity index (χ4n) is 0.924. The van der Waals surface area contributed by atoms with Crippen molar-refractivity contribution in [1.82, 2.24) is 4.72 Å². The van der Waals surface area contributed by atoms with Crippen molar-refractivity contribution in [3.8, 4) is 5.75 Å². The number of rotatable bonds is 3. The third kappa shape index (κ3) is 2.43. The highest BCUT2D eigenvalue weighted by molar-refractivity contribution is 7.89. The van der Waals surface area contributed by atoms with Gasteiger partial charge in [-0.3, -0.25) is 0 Å². The molecule has 0 aliphatic heterocycles. The van der Waals surface area contributed by atoms with E-state index in [1.807, 2.05) is 0 Å². The van der Waals surface area contributed by atoms with E-state index >= 15 is 0 Å². The molecule has 13 heavy (non-hydrogen) atoms. The van der Waals surface area contributed by atoms with Crippen LogP contribution in [0.15, 0.2) is 29.2 Å². The van der Waals surface area contributed by atoms with Gasteiger partial charge in [-0.25, -0.2) is 13.1 Å². The number of phenols is 1. The van der Waals surface area contributed by atoms with Gasteiger partial charge >= 0.3 is 0 Å². The molecule has 1 rings (SSSR count). The molecule has 1 aromatic carbocycles. The second kappa shape index (κ2) is 3.76. The minimum absolute atomic E-state index is 0.0565. The Bertz CT molecular complexity index is 386. The van der Waals surface area contributed by atoms with E-state index in [1.54, 1.807) is 6.92 Å². The van der Waals surface area contributed by atoms with Crippen LogP contribution in [0.1, 0.15) is 6.92 Å². The molecule has 0 radical (unpaired) electrons. The van der Waals surface area contributed by atoms with Gasteiger partial charge in [-0.05, 0) is 18.2 Å². The maximum absolute atomic E-state index is 11.4. The molecule has 0 saturated heterocycles. The Labute approximate surface area is 77.3 Å². The van der Waals surface area contributed by atoms with Crippen LogP contribution in [0.2, 0.25) is 0 Å². The summed E-state index contributed by atoms with van der Waals surface area (Å²) in [5, 5.41) is 9.05. The summed E-state index contributed by atoms with van der Waals surface area (Å²) in [7, 11) is -3.44. The molecule has 0 saturated carbocycles. The molecule has 0 fully saturated rings. The van der Waals surface area contributed by atoms with Crippen LogP contribution < -0.4 is 4.72 Å². The first-order valence-corrected chi connectivity index (χ1v) is 5.33. The summed E-state index contributed by atoms with van der Waals surface area (Å²) in [4.78, 5) is 0.0781. The second-order valence-electron chi connectivity index (χ2n) is 2.50. The number of hydrogen-bond acceptors (Lipinski definition) is 3. The minimum Gasteiger partial charge on any atom is -0.508 e. The summed E-state index contributed by atoms with van der Waals surface area (Å²) < 4.78 is 25.1. The fraction of sp³-hybridized carbons (Fsp3) is 0.250. The quantitative estimate of drug-likeness (QED) is 0.756. The van der Waals surface area contributed by atoms with E-state index in [-0.39, 0.29) is 10.6 Å². The molecule has 2 N–H and O–H groups in total. The highest BCUT2D eigenvalue weighted by Gasteiger charge is 2.11. The zero-order valence-electron chi connectivity index (χ0n) is 7.19. The standard InChI is InChI=1S/C8H11NO3S/c1-2-9-13(11,12)8-5-3-4-7(10)6-8/h3-6,9-10H,2H2,1H3. The van der Waals surface area contributed by atoms with Crippen molar-refractivity contribution in [3.05, 3.63) is 24.3 Å². The van der Waals surface area contributed by atoms with Gasteiger partial charge in [-0.15, -0.1) is 0 Å². The Morgan fingerprint density at radius 2 is 2.15 bits per heavy atom. The Balaban J connectivity index is 3.08. The maximum atomic E-state index is 11.4. The molecule has 0 heterocycles. The van der Waals surface area contributed by atoms with E-state index in [9.17, 15) is 8.42 Å². The van der Waals surface area contributed by atoms with Crippen LogP contribution in [-0.4, -0.2) is 20.1 Å². The van der Waals surface area contributed by atoms with Crippen molar-refractivity contribution in [1.29, 1.82) is 0 Å². The van der Waals surface area contributed by atoms with Gasteiger partial charge in [0.15, 0.2) is 0 Å². The highest BCUT2D eigenvalue weighted by atomic mass is 32.2. The van der Waals surface area contributed by atoms with Crippen molar-refractivity contribution in [2.24, 2.45) is 0 Å². The molecule has 0 aromatic heterocycles. The van der Waals surface area contributed by atoms with Crippen LogP contribution in [0, 0.1) is 0 Å². The number of sulfonamides is 1. The van der Waals surface area contributed by atoms with E-state index in [2.05, 4.69) is 4.72 Å². The Morgan fingerprint density at radius 3 is 2.69 bits per heavy atom. The van der Waals surface area contributed by atoms with Gasteiger partial charge in [0, 0.05) is 6.54 Å². The first-order chi connectivity index (χ1) is 6.06. The zero-order chi connectivity index (χ0) is 9.90. The van der Waals surface area contributed by atoms with Gasteiger partial charge in [0.05, 0.1) is 4.90 Å². The van der Waals surface area contributed by atoms with Gasteiger partial charge in [0.2, 0.25) is 10.0 Å². The summed E-state index contributed by atoms with van der Waals surface area (Å²) in [6.07, 6.45) is 0. The molecule has 0 aliphatic carbocycles. The van der Waals surface area contributed by atoms with E-state index in [4.69, 9.17) is 5.11 Å². The van der Waals surface area contributed by atoms with Crippen molar-refractivity contribution in [3.63, 3.8) is 0 Å². The van der Waals surface area contributed by atoms with Crippen LogP contribution in [0.4, 0.5) is 0 Å². The van der Waals surface area contributed by atoms with Gasteiger partial charge in [0.1, 0.15) is 5.75 Å². The maximum Gasteiger partial charge on any atom is 0.240 e. The van der Waals surface area contributed by atoms with Gasteiger partial charge < -0.3 is 5.11 Å². The molecule has 0 spiro atoms. The lowest BCUT2D eigenvalue weighted by molar-refractivity contribution is 0.473. The lowest BCUT2D eigenvalue weighted by Crippen LogP contribution is -2.22. The van der Waals surface area contributed by atoms with Crippen LogP contribution >= 0.6 is 0 Å². The summed E-state index contributed by atoms with van der Waals surface area (Å²) >= 11 is 0. The smallest absolute Gasteiger partial charge is 0.240 e. The average Bonchev–Trinajstić information content (AvgIpc) is 2.04. The monoisotopic (exact) mass is 201 g/mol. The molecule has 0 unspecified atom stereocenters. The molecule has 4 nitrogen and oxygen atoms in total. The molecule has 0 atom stereocenters. The number of nitrogens with one attached hydrogen (secondary N) is 1. The van der Waals surface area contributed by atoms with Crippen LogP contribution in [0.5, 0.6) is 5.75 Å². The number of benzene rings is 1. The second-order valence-corrected chi connectivity index (χ2v) is 4.27. The number of hydrogen-bond donors (Lipinski definition) is 2. The molecule has 0 bridgehead atoms. The lowest BCUT2D eigenvalue weighted by atomic mass is 10.3. The Morgan fingerprint density at radius 1 is 1.46 bits per heavy atom. The predicted octanol–water partition coefficient (Wildman–Crippen LogP) is 0.690. The Hall–Kier alpha value is -1.07. The van der Waals surface area contributed by atoms with Crippen molar-refractivity contribution >= 4 is 10.0 Å². The summed E-state index contributed by atoms with van der Waals surface area (Å²) in [5.74, 6) is -0.0565. The van der Waals surface area contributed by atoms with Crippen LogP contribution in [0.25, 0.3) is 0 Å². The van der Waals surface area contributed by atoms with Crippen molar-refractivity contribution in [2.75, 3.05) is 6.54 Å². The Kier molecular flexibility index (Phi) is 2.90. The lowest BCUT2D eigenvalue weighted by Gasteiger charge is -2.03. The SMILES string of the molecule is CCNS(=O)(=O)c1cccc(O)c1. The third-order valence-corrected chi connectivity index (χ3v) is 3.01. The molecular formula is C8H11NO3S. The zero-order valence-corrected chi connectivity index (χ0v) is 8.00. The molecular weight excluding hydrogens is 190 g/mol. The van der Waals surface area contributed by atoms with E-state index in [0.29, 0.717) is 6.54 Å². The average molecular weight is 201 g/mol. The molecule has 72 valence electrons. The van der Waals surface area contributed by atoms with E-state index < -0.39 is 10.0 Å². The topological polar surface area (TPSA) is 66.4 Å². The number of aromatic hydroxyl groups is 1. The summed E-state index contributed by atoms with van der Waals surface area (Å²) in [5.41, 5.74) is 0. The highest BCUT2D eigenvalue weighted by Crippen LogP contribution is 2.15.